The molecule has 1 fully saturated rings. The van der Waals surface area contributed by atoms with Crippen molar-refractivity contribution in [2.24, 2.45) is 0 Å². The van der Waals surface area contributed by atoms with Crippen LogP contribution in [0.5, 0.6) is 11.5 Å². The van der Waals surface area contributed by atoms with Gasteiger partial charge in [-0.3, -0.25) is 0 Å². The molecule has 0 saturated carbocycles. The third kappa shape index (κ3) is 9.02. The van der Waals surface area contributed by atoms with Crippen LogP contribution in [0.3, 0.4) is 0 Å². The molecule has 1 saturated heterocycles. The van der Waals surface area contributed by atoms with Crippen LogP contribution in [0.25, 0.3) is 0 Å². The topological polar surface area (TPSA) is 64.6 Å². The zero-order valence-electron chi connectivity index (χ0n) is 25.0. The summed E-state index contributed by atoms with van der Waals surface area (Å²) >= 11 is 0. The highest BCUT2D eigenvalue weighted by Crippen LogP contribution is 2.32. The van der Waals surface area contributed by atoms with Crippen LogP contribution in [0.15, 0.2) is 128 Å². The molecule has 1 aliphatic rings. The van der Waals surface area contributed by atoms with Gasteiger partial charge in [0, 0.05) is 0 Å². The number of benzene rings is 4. The van der Waals surface area contributed by atoms with E-state index >= 15 is 0 Å². The predicted molar refractivity (Wildman–Crippen MR) is 168 cm³/mol. The Morgan fingerprint density at radius 1 is 0.614 bits per heavy atom. The molecule has 0 aromatic heterocycles. The lowest BCUT2D eigenvalue weighted by Gasteiger charge is -2.45. The van der Waals surface area contributed by atoms with E-state index in [1.54, 1.807) is 13.2 Å². The molecule has 4 aromatic rings. The first-order chi connectivity index (χ1) is 21.7. The Bertz CT molecular complexity index is 1370. The highest BCUT2D eigenvalue weighted by atomic mass is 16.7. The minimum atomic E-state index is -0.816. The quantitative estimate of drug-likeness (QED) is 0.133. The molecule has 0 bridgehead atoms. The van der Waals surface area contributed by atoms with Crippen LogP contribution in [-0.2, 0) is 43.5 Å². The van der Waals surface area contributed by atoms with E-state index < -0.39 is 30.7 Å². The van der Waals surface area contributed by atoms with Gasteiger partial charge in [-0.05, 0) is 41.0 Å². The van der Waals surface area contributed by atoms with Crippen molar-refractivity contribution in [3.8, 4) is 11.5 Å². The lowest BCUT2D eigenvalue weighted by atomic mass is 9.98. The molecular formula is C37H40O7. The van der Waals surface area contributed by atoms with Gasteiger partial charge >= 0.3 is 0 Å². The van der Waals surface area contributed by atoms with E-state index in [2.05, 4.69) is 6.58 Å². The number of hydrogen-bond donors (Lipinski definition) is 0. The summed E-state index contributed by atoms with van der Waals surface area (Å²) in [6, 6.07) is 37.4. The Balaban J connectivity index is 1.43. The average molecular weight is 597 g/mol. The highest BCUT2D eigenvalue weighted by molar-refractivity contribution is 5.31. The van der Waals surface area contributed by atoms with Gasteiger partial charge in [-0.2, -0.15) is 0 Å². The molecule has 0 N–H and O–H groups in total. The van der Waals surface area contributed by atoms with Gasteiger partial charge in [0.15, 0.2) is 0 Å². The molecule has 230 valence electrons. The highest BCUT2D eigenvalue weighted by Gasteiger charge is 2.49. The van der Waals surface area contributed by atoms with Gasteiger partial charge in [0.05, 0.1) is 40.1 Å². The van der Waals surface area contributed by atoms with Gasteiger partial charge in [-0.25, -0.2) is 0 Å². The maximum atomic E-state index is 6.66. The molecule has 0 aliphatic carbocycles. The summed E-state index contributed by atoms with van der Waals surface area (Å²) in [5.41, 5.74) is 3.13. The Morgan fingerprint density at radius 3 is 1.68 bits per heavy atom. The molecule has 1 aliphatic heterocycles. The molecule has 4 aromatic carbocycles. The summed E-state index contributed by atoms with van der Waals surface area (Å²) in [5.74, 6) is 1.34. The largest absolute Gasteiger partial charge is 0.497 e. The van der Waals surface area contributed by atoms with E-state index in [-0.39, 0.29) is 6.61 Å². The summed E-state index contributed by atoms with van der Waals surface area (Å²) in [7, 11) is 1.63. The lowest BCUT2D eigenvalue weighted by molar-refractivity contribution is -0.307. The second-order valence-corrected chi connectivity index (χ2v) is 10.4. The van der Waals surface area contributed by atoms with Gasteiger partial charge in [-0.1, -0.05) is 97.1 Å². The zero-order chi connectivity index (χ0) is 30.4. The monoisotopic (exact) mass is 596 g/mol. The van der Waals surface area contributed by atoms with Gasteiger partial charge < -0.3 is 33.2 Å². The number of methoxy groups -OCH3 is 1. The molecule has 0 radical (unpaired) electrons. The van der Waals surface area contributed by atoms with Gasteiger partial charge in [0.25, 0.3) is 0 Å². The zero-order valence-corrected chi connectivity index (χ0v) is 25.0. The van der Waals surface area contributed by atoms with Crippen molar-refractivity contribution in [1.82, 2.24) is 0 Å². The second-order valence-electron chi connectivity index (χ2n) is 10.4. The molecule has 5 atom stereocenters. The van der Waals surface area contributed by atoms with Crippen molar-refractivity contribution in [3.05, 3.63) is 145 Å². The van der Waals surface area contributed by atoms with E-state index in [0.29, 0.717) is 32.2 Å². The average Bonchev–Trinajstić information content (AvgIpc) is 3.08. The first-order valence-electron chi connectivity index (χ1n) is 14.8. The molecule has 0 unspecified atom stereocenters. The molecule has 0 spiro atoms. The van der Waals surface area contributed by atoms with Crippen molar-refractivity contribution in [3.63, 3.8) is 0 Å². The number of ether oxygens (including phenoxy) is 7. The molecule has 7 heteroatoms. The fourth-order valence-electron chi connectivity index (χ4n) is 5.04. The van der Waals surface area contributed by atoms with E-state index in [1.807, 2.05) is 115 Å². The van der Waals surface area contributed by atoms with E-state index in [0.717, 1.165) is 22.4 Å². The Hall–Kier alpha value is -3.98. The third-order valence-electron chi connectivity index (χ3n) is 7.27. The van der Waals surface area contributed by atoms with Crippen LogP contribution in [0, 0.1) is 0 Å². The summed E-state index contributed by atoms with van der Waals surface area (Å²) in [5, 5.41) is 0. The Kier molecular flexibility index (Phi) is 12.0. The maximum Gasteiger partial charge on any atom is 0.229 e. The van der Waals surface area contributed by atoms with Crippen LogP contribution in [0.4, 0.5) is 0 Å². The Morgan fingerprint density at radius 2 is 1.14 bits per heavy atom. The number of hydrogen-bond acceptors (Lipinski definition) is 7. The molecule has 5 rings (SSSR count). The van der Waals surface area contributed by atoms with Gasteiger partial charge in [0.2, 0.25) is 6.29 Å². The van der Waals surface area contributed by atoms with Crippen LogP contribution in [0.2, 0.25) is 0 Å². The minimum Gasteiger partial charge on any atom is -0.497 e. The summed E-state index contributed by atoms with van der Waals surface area (Å²) in [6.45, 7) is 5.58. The first kappa shape index (κ1) is 31.4. The summed E-state index contributed by atoms with van der Waals surface area (Å²) < 4.78 is 44.2. The molecule has 7 nitrogen and oxygen atoms in total. The Labute approximate surface area is 259 Å². The summed E-state index contributed by atoms with van der Waals surface area (Å²) in [6.07, 6.45) is -1.33. The smallest absolute Gasteiger partial charge is 0.229 e. The summed E-state index contributed by atoms with van der Waals surface area (Å²) in [4.78, 5) is 0. The van der Waals surface area contributed by atoms with E-state index in [1.165, 1.54) is 0 Å². The second kappa shape index (κ2) is 16.8. The van der Waals surface area contributed by atoms with Crippen molar-refractivity contribution >= 4 is 0 Å². The molecular weight excluding hydrogens is 556 g/mol. The fraction of sp³-hybridized carbons (Fsp3) is 0.297. The molecule has 44 heavy (non-hydrogen) atoms. The minimum absolute atomic E-state index is 0.260. The van der Waals surface area contributed by atoms with E-state index in [4.69, 9.17) is 33.2 Å². The first-order valence-corrected chi connectivity index (χ1v) is 14.8. The standard InChI is InChI=1S/C37H40O7/c1-3-23-40-35-34(41-25-29-15-9-5-10-16-29)33(27-39-24-28-13-7-4-8-14-28)44-37(43-32-21-19-31(38-2)20-22-32)36(35)42-26-30-17-11-6-12-18-30/h3-22,33-37H,1,23-27H2,2H3/t33-,34+,35+,36-,37-/m1/s1. The normalized spacial score (nSPS) is 21.4. The maximum absolute atomic E-state index is 6.66. The van der Waals surface area contributed by atoms with Gasteiger partial charge in [-0.15, -0.1) is 6.58 Å². The van der Waals surface area contributed by atoms with Crippen molar-refractivity contribution in [2.45, 2.75) is 50.5 Å². The lowest BCUT2D eigenvalue weighted by Crippen LogP contribution is -2.62. The van der Waals surface area contributed by atoms with Crippen molar-refractivity contribution in [2.75, 3.05) is 20.3 Å². The van der Waals surface area contributed by atoms with Crippen LogP contribution in [-0.4, -0.2) is 51.0 Å². The fourth-order valence-corrected chi connectivity index (χ4v) is 5.04. The van der Waals surface area contributed by atoms with Crippen LogP contribution >= 0.6 is 0 Å². The van der Waals surface area contributed by atoms with Crippen LogP contribution in [0.1, 0.15) is 16.7 Å². The van der Waals surface area contributed by atoms with Crippen molar-refractivity contribution < 1.29 is 33.2 Å². The predicted octanol–water partition coefficient (Wildman–Crippen LogP) is 6.76. The SMILES string of the molecule is C=CCO[C@H]1[C@@H](OCc2ccccc2)[C@@H](COCc2ccccc2)O[C@@H](Oc2ccc(OC)cc2)[C@@H]1OCc1ccccc1. The van der Waals surface area contributed by atoms with E-state index in [9.17, 15) is 0 Å². The van der Waals surface area contributed by atoms with Crippen molar-refractivity contribution in [1.29, 1.82) is 0 Å². The number of rotatable bonds is 16. The molecule has 1 heterocycles. The van der Waals surface area contributed by atoms with Crippen LogP contribution < -0.4 is 9.47 Å². The molecule has 0 amide bonds. The van der Waals surface area contributed by atoms with Gasteiger partial charge in [0.1, 0.15) is 35.9 Å². The third-order valence-corrected chi connectivity index (χ3v) is 7.27.